The molecule has 33 heavy (non-hydrogen) atoms. The molecule has 0 radical (unpaired) electrons. The van der Waals surface area contributed by atoms with Crippen LogP contribution in [-0.4, -0.2) is 20.9 Å². The largest absolute Gasteiger partial charge is 0.417 e. The molecule has 1 aliphatic rings. The predicted molar refractivity (Wildman–Crippen MR) is 122 cm³/mol. The fourth-order valence-corrected chi connectivity index (χ4v) is 6.00. The topological polar surface area (TPSA) is 87.7 Å². The number of anilines is 1. The third-order valence-electron chi connectivity index (χ3n) is 5.47. The number of thiophene rings is 1. The van der Waals surface area contributed by atoms with Crippen molar-refractivity contribution in [3.8, 4) is 11.3 Å². The minimum absolute atomic E-state index is 0.0420. The number of alkyl halides is 3. The number of carbonyl (C=O) groups is 1. The van der Waals surface area contributed by atoms with Crippen LogP contribution in [0.1, 0.15) is 34.7 Å². The molecule has 0 saturated carbocycles. The molecular weight excluding hydrogens is 473 g/mol. The lowest BCUT2D eigenvalue weighted by molar-refractivity contribution is -0.137. The molecule has 1 amide bonds. The van der Waals surface area contributed by atoms with Crippen LogP contribution in [-0.2, 0) is 30.2 Å². The Labute approximate surface area is 193 Å². The number of thiazole rings is 1. The Morgan fingerprint density at radius 2 is 2.00 bits per heavy atom. The van der Waals surface area contributed by atoms with Crippen LogP contribution < -0.4 is 10.9 Å². The lowest BCUT2D eigenvalue weighted by Crippen LogP contribution is -2.16. The van der Waals surface area contributed by atoms with E-state index in [2.05, 4.69) is 20.3 Å². The Morgan fingerprint density at radius 1 is 1.18 bits per heavy atom. The molecule has 11 heteroatoms. The summed E-state index contributed by atoms with van der Waals surface area (Å²) in [5, 5.41) is 4.96. The average molecular weight is 491 g/mol. The first-order valence-electron chi connectivity index (χ1n) is 10.2. The summed E-state index contributed by atoms with van der Waals surface area (Å²) in [6.07, 6.45) is -1.31. The summed E-state index contributed by atoms with van der Waals surface area (Å²) < 4.78 is 39.8. The van der Waals surface area contributed by atoms with E-state index in [1.165, 1.54) is 39.8 Å². The number of amides is 1. The normalized spacial score (nSPS) is 13.4. The molecule has 2 N–H and O–H groups in total. The number of aryl methyl sites for hydroxylation is 3. The van der Waals surface area contributed by atoms with Crippen molar-refractivity contribution in [3.63, 3.8) is 0 Å². The number of hydrogen-bond donors (Lipinski definition) is 2. The van der Waals surface area contributed by atoms with Gasteiger partial charge in [-0.25, -0.2) is 9.97 Å². The third-order valence-corrected chi connectivity index (χ3v) is 7.42. The van der Waals surface area contributed by atoms with Crippen LogP contribution in [0.2, 0.25) is 0 Å². The lowest BCUT2D eigenvalue weighted by Gasteiger charge is -2.10. The molecule has 3 aromatic heterocycles. The molecular formula is C22H17F3N4O2S2. The summed E-state index contributed by atoms with van der Waals surface area (Å²) in [4.78, 5) is 38.2. The van der Waals surface area contributed by atoms with Crippen molar-refractivity contribution in [2.45, 2.75) is 38.3 Å². The van der Waals surface area contributed by atoms with E-state index in [0.717, 1.165) is 42.2 Å². The van der Waals surface area contributed by atoms with Crippen molar-refractivity contribution in [1.82, 2.24) is 15.0 Å². The molecule has 0 bridgehead atoms. The quantitative estimate of drug-likeness (QED) is 0.403. The van der Waals surface area contributed by atoms with E-state index < -0.39 is 11.7 Å². The number of fused-ring (bicyclic) bond motifs is 3. The van der Waals surface area contributed by atoms with Gasteiger partial charge in [-0.15, -0.1) is 22.7 Å². The maximum Gasteiger partial charge on any atom is 0.417 e. The summed E-state index contributed by atoms with van der Waals surface area (Å²) in [6.45, 7) is 0. The molecule has 170 valence electrons. The van der Waals surface area contributed by atoms with Gasteiger partial charge in [0, 0.05) is 28.7 Å². The molecule has 0 spiro atoms. The molecule has 4 aromatic rings. The molecule has 0 unspecified atom stereocenters. The smallest absolute Gasteiger partial charge is 0.310 e. The fraction of sp³-hybridized carbons (Fsp3) is 0.273. The average Bonchev–Trinajstić information content (AvgIpc) is 3.47. The van der Waals surface area contributed by atoms with E-state index in [0.29, 0.717) is 16.0 Å². The lowest BCUT2D eigenvalue weighted by atomic mass is 10.1. The van der Waals surface area contributed by atoms with Crippen LogP contribution in [0.4, 0.5) is 18.3 Å². The first-order chi connectivity index (χ1) is 15.8. The Kier molecular flexibility index (Phi) is 5.53. The van der Waals surface area contributed by atoms with Gasteiger partial charge >= 0.3 is 6.18 Å². The zero-order chi connectivity index (χ0) is 23.2. The van der Waals surface area contributed by atoms with Crippen LogP contribution in [0.25, 0.3) is 21.5 Å². The van der Waals surface area contributed by atoms with Crippen molar-refractivity contribution in [2.75, 3.05) is 5.32 Å². The van der Waals surface area contributed by atoms with Gasteiger partial charge in [-0.05, 0) is 30.9 Å². The van der Waals surface area contributed by atoms with Gasteiger partial charge in [-0.2, -0.15) is 13.2 Å². The fourth-order valence-electron chi connectivity index (χ4n) is 3.99. The van der Waals surface area contributed by atoms with Crippen LogP contribution in [0.3, 0.4) is 0 Å². The van der Waals surface area contributed by atoms with Crippen molar-refractivity contribution in [2.24, 2.45) is 0 Å². The Hall–Kier alpha value is -3.05. The standard InChI is InChI=1S/C22H17F3N4O2S2/c23-22(24,25)13-6-2-1-4-11(13)14-10-32-21(26-14)29-17(30)9-8-16-27-19(31)18-12-5-3-7-15(12)33-20(18)28-16/h1-2,4,6,10H,3,5,7-9H2,(H,26,29,30)(H,27,28,31). The van der Waals surface area contributed by atoms with Gasteiger partial charge in [0.2, 0.25) is 5.91 Å². The SMILES string of the molecule is O=C(CCc1nc2sc3c(c2c(=O)[nH]1)CCC3)Nc1nc(-c2ccccc2C(F)(F)F)cs1. The van der Waals surface area contributed by atoms with Gasteiger partial charge in [0.05, 0.1) is 16.6 Å². The zero-order valence-corrected chi connectivity index (χ0v) is 18.7. The van der Waals surface area contributed by atoms with E-state index >= 15 is 0 Å². The number of nitrogens with one attached hydrogen (secondary N) is 2. The number of benzene rings is 1. The molecule has 0 saturated heterocycles. The van der Waals surface area contributed by atoms with Crippen molar-refractivity contribution in [1.29, 1.82) is 0 Å². The van der Waals surface area contributed by atoms with Gasteiger partial charge in [0.1, 0.15) is 10.7 Å². The number of H-pyrrole nitrogens is 1. The number of nitrogens with zero attached hydrogens (tertiary/aromatic N) is 2. The molecule has 0 fully saturated rings. The van der Waals surface area contributed by atoms with Gasteiger partial charge in [-0.1, -0.05) is 18.2 Å². The second kappa shape index (κ2) is 8.38. The van der Waals surface area contributed by atoms with Crippen LogP contribution >= 0.6 is 22.7 Å². The summed E-state index contributed by atoms with van der Waals surface area (Å²) in [7, 11) is 0. The predicted octanol–water partition coefficient (Wildman–Crippen LogP) is 5.19. The molecule has 0 atom stereocenters. The van der Waals surface area contributed by atoms with E-state index in [1.807, 2.05) is 0 Å². The molecule has 3 heterocycles. The number of rotatable bonds is 5. The number of aromatic amines is 1. The van der Waals surface area contributed by atoms with Gasteiger partial charge in [0.25, 0.3) is 5.56 Å². The Balaban J connectivity index is 1.27. The monoisotopic (exact) mass is 490 g/mol. The number of hydrogen-bond acceptors (Lipinski definition) is 6. The molecule has 0 aliphatic heterocycles. The van der Waals surface area contributed by atoms with E-state index in [-0.39, 0.29) is 40.7 Å². The summed E-state index contributed by atoms with van der Waals surface area (Å²) in [5.41, 5.74) is 0.241. The first-order valence-corrected chi connectivity index (χ1v) is 11.9. The van der Waals surface area contributed by atoms with Crippen LogP contribution in [0.5, 0.6) is 0 Å². The number of aromatic nitrogens is 3. The molecule has 1 aliphatic carbocycles. The maximum atomic E-state index is 13.3. The third kappa shape index (κ3) is 4.30. The second-order valence-electron chi connectivity index (χ2n) is 7.68. The second-order valence-corrected chi connectivity index (χ2v) is 9.62. The van der Waals surface area contributed by atoms with Gasteiger partial charge < -0.3 is 10.3 Å². The molecule has 1 aromatic carbocycles. The van der Waals surface area contributed by atoms with Crippen LogP contribution in [0, 0.1) is 0 Å². The first kappa shape index (κ1) is 21.8. The summed E-state index contributed by atoms with van der Waals surface area (Å²) >= 11 is 2.58. The van der Waals surface area contributed by atoms with E-state index in [4.69, 9.17) is 0 Å². The van der Waals surface area contributed by atoms with Gasteiger partial charge in [0.15, 0.2) is 5.13 Å². The van der Waals surface area contributed by atoms with Crippen molar-refractivity contribution < 1.29 is 18.0 Å². The number of carbonyl (C=O) groups excluding carboxylic acids is 1. The van der Waals surface area contributed by atoms with E-state index in [1.54, 1.807) is 0 Å². The Bertz CT molecular complexity index is 1420. The Morgan fingerprint density at radius 3 is 2.82 bits per heavy atom. The summed E-state index contributed by atoms with van der Waals surface area (Å²) in [5.74, 6) is 0.0675. The minimum atomic E-state index is -4.50. The highest BCUT2D eigenvalue weighted by Crippen LogP contribution is 2.38. The van der Waals surface area contributed by atoms with Crippen LogP contribution in [0.15, 0.2) is 34.4 Å². The highest BCUT2D eigenvalue weighted by Gasteiger charge is 2.33. The molecule has 5 rings (SSSR count). The molecule has 6 nitrogen and oxygen atoms in total. The highest BCUT2D eigenvalue weighted by atomic mass is 32.1. The van der Waals surface area contributed by atoms with Crippen molar-refractivity contribution in [3.05, 3.63) is 61.8 Å². The van der Waals surface area contributed by atoms with Crippen molar-refractivity contribution >= 4 is 43.9 Å². The van der Waals surface area contributed by atoms with E-state index in [9.17, 15) is 22.8 Å². The zero-order valence-electron chi connectivity index (χ0n) is 17.1. The van der Waals surface area contributed by atoms with Gasteiger partial charge in [-0.3, -0.25) is 9.59 Å². The maximum absolute atomic E-state index is 13.3. The summed E-state index contributed by atoms with van der Waals surface area (Å²) in [6, 6.07) is 5.18. The number of halogens is 3. The highest BCUT2D eigenvalue weighted by molar-refractivity contribution is 7.18. The minimum Gasteiger partial charge on any atom is -0.310 e.